The van der Waals surface area contributed by atoms with Crippen molar-refractivity contribution >= 4 is 23.8 Å². The molecule has 3 rings (SSSR count). The molecule has 0 saturated carbocycles. The van der Waals surface area contributed by atoms with Crippen LogP contribution in [-0.4, -0.2) is 27.8 Å². The normalized spacial score (nSPS) is 12.0. The Morgan fingerprint density at radius 2 is 2.04 bits per heavy atom. The zero-order valence-corrected chi connectivity index (χ0v) is 15.5. The van der Waals surface area contributed by atoms with E-state index in [1.165, 1.54) is 12.3 Å². The lowest BCUT2D eigenvalue weighted by molar-refractivity contribution is -0.118. The molecular weight excluding hydrogens is 356 g/mol. The Morgan fingerprint density at radius 1 is 1.21 bits per heavy atom. The predicted octanol–water partition coefficient (Wildman–Crippen LogP) is 3.08. The average molecular weight is 378 g/mol. The Labute approximate surface area is 162 Å². The molecule has 7 nitrogen and oxygen atoms in total. The van der Waals surface area contributed by atoms with Gasteiger partial charge in [-0.1, -0.05) is 30.3 Å². The summed E-state index contributed by atoms with van der Waals surface area (Å²) in [4.78, 5) is 31.7. The zero-order chi connectivity index (χ0) is 19.8. The van der Waals surface area contributed by atoms with Crippen LogP contribution in [-0.2, 0) is 16.0 Å². The molecule has 0 spiro atoms. The number of imidazole rings is 1. The molecule has 2 aromatic heterocycles. The molecule has 2 amide bonds. The third-order valence-electron chi connectivity index (χ3n) is 4.01. The van der Waals surface area contributed by atoms with Crippen LogP contribution in [0.15, 0.2) is 65.4 Å². The minimum absolute atomic E-state index is 0.120. The van der Waals surface area contributed by atoms with E-state index in [0.29, 0.717) is 18.1 Å². The smallest absolute Gasteiger partial charge is 0.244 e. The highest BCUT2D eigenvalue weighted by Gasteiger charge is 2.17. The number of hydrogen-bond donors (Lipinski definition) is 3. The van der Waals surface area contributed by atoms with Gasteiger partial charge in [-0.2, -0.15) is 0 Å². The number of aryl methyl sites for hydroxylation is 1. The lowest BCUT2D eigenvalue weighted by Crippen LogP contribution is -2.38. The van der Waals surface area contributed by atoms with Gasteiger partial charge in [0.25, 0.3) is 0 Å². The van der Waals surface area contributed by atoms with Crippen molar-refractivity contribution in [2.75, 3.05) is 5.32 Å². The Morgan fingerprint density at radius 3 is 2.71 bits per heavy atom. The Hall–Kier alpha value is -3.61. The maximum atomic E-state index is 12.4. The van der Waals surface area contributed by atoms with Crippen molar-refractivity contribution in [3.05, 3.63) is 78.0 Å². The molecule has 0 unspecified atom stereocenters. The van der Waals surface area contributed by atoms with Crippen molar-refractivity contribution < 1.29 is 14.0 Å². The molecule has 7 heteroatoms. The number of rotatable bonds is 8. The van der Waals surface area contributed by atoms with Crippen LogP contribution in [0.3, 0.4) is 0 Å². The van der Waals surface area contributed by atoms with E-state index in [9.17, 15) is 9.59 Å². The Balaban J connectivity index is 1.63. The summed E-state index contributed by atoms with van der Waals surface area (Å²) in [5.41, 5.74) is 1.89. The van der Waals surface area contributed by atoms with Crippen LogP contribution in [0.2, 0.25) is 0 Å². The fourth-order valence-electron chi connectivity index (χ4n) is 2.75. The van der Waals surface area contributed by atoms with Gasteiger partial charge in [-0.25, -0.2) is 4.98 Å². The number of carbonyl (C=O) groups is 2. The minimum atomic E-state index is -0.368. The molecule has 144 valence electrons. The third kappa shape index (κ3) is 5.98. The van der Waals surface area contributed by atoms with Gasteiger partial charge in [0.15, 0.2) is 0 Å². The number of benzene rings is 1. The number of hydrogen-bond acceptors (Lipinski definition) is 4. The SMILES string of the molecule is Cc1cnc(NC(=O)C[C@H](Cc2ccccc2)NC(=O)/C=C/c2ccco2)[nH]1. The quantitative estimate of drug-likeness (QED) is 0.525. The molecule has 1 atom stereocenters. The Kier molecular flexibility index (Phi) is 6.41. The standard InChI is InChI=1S/C21H22N4O3/c1-15-14-22-21(23-15)25-20(27)13-17(12-16-6-3-2-4-7-16)24-19(26)10-9-18-8-5-11-28-18/h2-11,14,17H,12-13H2,1H3,(H,24,26)(H2,22,23,25,27)/b10-9+/t17-/m0/s1. The van der Waals surface area contributed by atoms with Crippen LogP contribution >= 0.6 is 0 Å². The van der Waals surface area contributed by atoms with Gasteiger partial charge >= 0.3 is 0 Å². The van der Waals surface area contributed by atoms with E-state index in [-0.39, 0.29) is 24.3 Å². The minimum Gasteiger partial charge on any atom is -0.465 e. The largest absolute Gasteiger partial charge is 0.465 e. The molecule has 3 N–H and O–H groups in total. The van der Waals surface area contributed by atoms with E-state index < -0.39 is 0 Å². The summed E-state index contributed by atoms with van der Waals surface area (Å²) >= 11 is 0. The van der Waals surface area contributed by atoms with Gasteiger partial charge in [-0.15, -0.1) is 0 Å². The molecule has 0 radical (unpaired) electrons. The summed E-state index contributed by atoms with van der Waals surface area (Å²) in [6.45, 7) is 1.85. The lowest BCUT2D eigenvalue weighted by Gasteiger charge is -2.17. The predicted molar refractivity (Wildman–Crippen MR) is 106 cm³/mol. The number of nitrogens with one attached hydrogen (secondary N) is 3. The number of aromatic nitrogens is 2. The van der Waals surface area contributed by atoms with Crippen LogP contribution in [0.4, 0.5) is 5.95 Å². The average Bonchev–Trinajstić information content (AvgIpc) is 3.32. The first kappa shape index (κ1) is 19.2. The highest BCUT2D eigenvalue weighted by Crippen LogP contribution is 2.09. The molecule has 1 aromatic carbocycles. The Bertz CT molecular complexity index is 930. The van der Waals surface area contributed by atoms with E-state index >= 15 is 0 Å². The van der Waals surface area contributed by atoms with Crippen molar-refractivity contribution in [3.63, 3.8) is 0 Å². The molecule has 0 aliphatic rings. The second-order valence-electron chi connectivity index (χ2n) is 6.41. The maximum Gasteiger partial charge on any atom is 0.244 e. The highest BCUT2D eigenvalue weighted by atomic mass is 16.3. The van der Waals surface area contributed by atoms with Crippen molar-refractivity contribution in [2.45, 2.75) is 25.8 Å². The maximum absolute atomic E-state index is 12.4. The number of aromatic amines is 1. The number of amides is 2. The molecule has 28 heavy (non-hydrogen) atoms. The molecule has 0 saturated heterocycles. The van der Waals surface area contributed by atoms with Gasteiger partial charge < -0.3 is 14.7 Å². The van der Waals surface area contributed by atoms with Gasteiger partial charge in [-0.3, -0.25) is 14.9 Å². The summed E-state index contributed by atoms with van der Waals surface area (Å²) < 4.78 is 5.18. The number of anilines is 1. The molecule has 0 aliphatic carbocycles. The molecule has 0 fully saturated rings. The topological polar surface area (TPSA) is 100 Å². The fraction of sp³-hybridized carbons (Fsp3) is 0.190. The van der Waals surface area contributed by atoms with E-state index in [1.54, 1.807) is 24.4 Å². The van der Waals surface area contributed by atoms with Crippen LogP contribution in [0, 0.1) is 6.92 Å². The summed E-state index contributed by atoms with van der Waals surface area (Å²) in [6.07, 6.45) is 6.81. The van der Waals surface area contributed by atoms with Gasteiger partial charge in [0.05, 0.1) is 6.26 Å². The fourth-order valence-corrected chi connectivity index (χ4v) is 2.75. The summed E-state index contributed by atoms with van der Waals surface area (Å²) in [5, 5.41) is 5.61. The molecule has 0 bridgehead atoms. The van der Waals surface area contributed by atoms with E-state index in [0.717, 1.165) is 11.3 Å². The first-order valence-electron chi connectivity index (χ1n) is 8.96. The van der Waals surface area contributed by atoms with E-state index in [4.69, 9.17) is 4.42 Å². The number of H-pyrrole nitrogens is 1. The summed E-state index contributed by atoms with van der Waals surface area (Å²) in [7, 11) is 0. The lowest BCUT2D eigenvalue weighted by atomic mass is 10.0. The summed E-state index contributed by atoms with van der Waals surface area (Å²) in [6, 6.07) is 12.8. The highest BCUT2D eigenvalue weighted by molar-refractivity contribution is 5.93. The van der Waals surface area contributed by atoms with E-state index in [2.05, 4.69) is 20.6 Å². The van der Waals surface area contributed by atoms with Gasteiger partial charge in [0.2, 0.25) is 17.8 Å². The first-order chi connectivity index (χ1) is 13.6. The van der Waals surface area contributed by atoms with Crippen molar-refractivity contribution in [1.82, 2.24) is 15.3 Å². The number of nitrogens with zero attached hydrogens (tertiary/aromatic N) is 1. The van der Waals surface area contributed by atoms with Crippen molar-refractivity contribution in [1.29, 1.82) is 0 Å². The number of furan rings is 1. The first-order valence-corrected chi connectivity index (χ1v) is 8.96. The van der Waals surface area contributed by atoms with Crippen LogP contribution < -0.4 is 10.6 Å². The van der Waals surface area contributed by atoms with Crippen LogP contribution in [0.5, 0.6) is 0 Å². The van der Waals surface area contributed by atoms with Gasteiger partial charge in [0.1, 0.15) is 5.76 Å². The molecule has 3 aromatic rings. The monoisotopic (exact) mass is 378 g/mol. The molecular formula is C21H22N4O3. The van der Waals surface area contributed by atoms with Crippen molar-refractivity contribution in [3.8, 4) is 0 Å². The van der Waals surface area contributed by atoms with Crippen LogP contribution in [0.1, 0.15) is 23.4 Å². The second kappa shape index (κ2) is 9.36. The molecule has 0 aliphatic heterocycles. The third-order valence-corrected chi connectivity index (χ3v) is 4.01. The zero-order valence-electron chi connectivity index (χ0n) is 15.5. The summed E-state index contributed by atoms with van der Waals surface area (Å²) in [5.74, 6) is 0.454. The number of carbonyl (C=O) groups excluding carboxylic acids is 2. The van der Waals surface area contributed by atoms with Gasteiger partial charge in [-0.05, 0) is 37.1 Å². The van der Waals surface area contributed by atoms with Crippen molar-refractivity contribution in [2.24, 2.45) is 0 Å². The second-order valence-corrected chi connectivity index (χ2v) is 6.41. The van der Waals surface area contributed by atoms with E-state index in [1.807, 2.05) is 37.3 Å². The molecule has 2 heterocycles. The van der Waals surface area contributed by atoms with Gasteiger partial charge in [0, 0.05) is 30.4 Å². The van der Waals surface area contributed by atoms with Crippen LogP contribution in [0.25, 0.3) is 6.08 Å².